The molecular weight excluding hydrogens is 363 g/mol. The maximum Gasteiger partial charge on any atom is 0.255 e. The maximum atomic E-state index is 14.1. The summed E-state index contributed by atoms with van der Waals surface area (Å²) < 4.78 is 14.1. The number of nitrogens with zero attached hydrogens (tertiary/aromatic N) is 2. The quantitative estimate of drug-likeness (QED) is 0.719. The molecule has 4 rings (SSSR count). The molecule has 0 radical (unpaired) electrons. The number of hydrogen-bond donors (Lipinski definition) is 2. The predicted molar refractivity (Wildman–Crippen MR) is 107 cm³/mol. The smallest absolute Gasteiger partial charge is 0.255 e. The summed E-state index contributed by atoms with van der Waals surface area (Å²) in [6.07, 6.45) is 0. The Bertz CT molecular complexity index is 1010. The average Bonchev–Trinajstić information content (AvgIpc) is 3.30. The minimum atomic E-state index is -0.463. The lowest BCUT2D eigenvalue weighted by atomic mass is 10.1. The van der Waals surface area contributed by atoms with Gasteiger partial charge in [0.1, 0.15) is 5.82 Å². The molecule has 1 aliphatic rings. The Morgan fingerprint density at radius 3 is 2.78 bits per heavy atom. The Hall–Kier alpha value is -2.77. The lowest BCUT2D eigenvalue weighted by molar-refractivity contribution is 0.102. The summed E-state index contributed by atoms with van der Waals surface area (Å²) in [5.41, 5.74) is 4.62. The summed E-state index contributed by atoms with van der Waals surface area (Å²) in [4.78, 5) is 19.0. The second kappa shape index (κ2) is 7.09. The molecule has 0 spiro atoms. The fraction of sp³-hybridized carbons (Fsp3) is 0.200. The van der Waals surface area contributed by atoms with Crippen LogP contribution in [0.4, 0.5) is 15.2 Å². The fourth-order valence-electron chi connectivity index (χ4n) is 3.05. The van der Waals surface area contributed by atoms with Gasteiger partial charge in [0.25, 0.3) is 5.91 Å². The van der Waals surface area contributed by atoms with Crippen molar-refractivity contribution >= 4 is 28.1 Å². The van der Waals surface area contributed by atoms with Crippen LogP contribution in [-0.2, 0) is 13.1 Å². The van der Waals surface area contributed by atoms with E-state index in [1.165, 1.54) is 34.6 Å². The Morgan fingerprint density at radius 2 is 2.00 bits per heavy atom. The fourth-order valence-corrected chi connectivity index (χ4v) is 3.81. The number of carbonyl (C=O) groups excluding carboxylic acids is 1. The number of halogens is 1. The van der Waals surface area contributed by atoms with Gasteiger partial charge in [-0.05, 0) is 41.5 Å². The third-order valence-electron chi connectivity index (χ3n) is 4.43. The van der Waals surface area contributed by atoms with Gasteiger partial charge in [-0.2, -0.15) is 0 Å². The Morgan fingerprint density at radius 1 is 1.19 bits per heavy atom. The number of amides is 1. The van der Waals surface area contributed by atoms with Gasteiger partial charge in [-0.3, -0.25) is 4.79 Å². The average molecular weight is 382 g/mol. The van der Waals surface area contributed by atoms with Crippen molar-refractivity contribution < 1.29 is 9.18 Å². The van der Waals surface area contributed by atoms with Crippen molar-refractivity contribution in [3.8, 4) is 11.3 Å². The molecule has 5 nitrogen and oxygen atoms in total. The minimum Gasteiger partial charge on any atom is -0.354 e. The largest absolute Gasteiger partial charge is 0.354 e. The molecule has 3 aromatic rings. The van der Waals surface area contributed by atoms with Crippen LogP contribution in [-0.4, -0.2) is 25.0 Å². The molecule has 0 aliphatic carbocycles. The first-order valence-electron chi connectivity index (χ1n) is 8.57. The Balaban J connectivity index is 1.59. The van der Waals surface area contributed by atoms with Crippen molar-refractivity contribution in [3.63, 3.8) is 0 Å². The van der Waals surface area contributed by atoms with Crippen LogP contribution in [0.3, 0.4) is 0 Å². The normalized spacial score (nSPS) is 12.7. The number of anilines is 2. The van der Waals surface area contributed by atoms with Gasteiger partial charge in [-0.1, -0.05) is 6.07 Å². The van der Waals surface area contributed by atoms with Crippen LogP contribution >= 0.6 is 11.3 Å². The van der Waals surface area contributed by atoms with Gasteiger partial charge in [-0.25, -0.2) is 9.37 Å². The van der Waals surface area contributed by atoms with E-state index < -0.39 is 5.82 Å². The van der Waals surface area contributed by atoms with Gasteiger partial charge in [0.2, 0.25) is 0 Å². The summed E-state index contributed by atoms with van der Waals surface area (Å²) in [5, 5.41) is 8.82. The van der Waals surface area contributed by atoms with Gasteiger partial charge < -0.3 is 15.5 Å². The van der Waals surface area contributed by atoms with Crippen LogP contribution in [0.1, 0.15) is 21.5 Å². The number of fused-ring (bicyclic) bond motifs is 1. The standard InChI is InChI=1S/C20H19FN4OS/c1-25(2)20-24-18(11-27-20)13-5-14(7-16(21)6-13)19(26)23-17-4-3-12-9-22-10-15(12)8-17/h3-8,11,22H,9-10H2,1-2H3,(H,23,26). The van der Waals surface area contributed by atoms with E-state index in [1.807, 2.05) is 42.6 Å². The van der Waals surface area contributed by atoms with Crippen LogP contribution in [0.2, 0.25) is 0 Å². The summed E-state index contributed by atoms with van der Waals surface area (Å²) in [6, 6.07) is 10.1. The van der Waals surface area contributed by atoms with Crippen molar-refractivity contribution in [2.45, 2.75) is 13.1 Å². The van der Waals surface area contributed by atoms with E-state index in [1.54, 1.807) is 6.07 Å². The van der Waals surface area contributed by atoms with Crippen LogP contribution in [0.5, 0.6) is 0 Å². The number of rotatable bonds is 4. The topological polar surface area (TPSA) is 57.3 Å². The highest BCUT2D eigenvalue weighted by Crippen LogP contribution is 2.28. The van der Waals surface area contributed by atoms with Gasteiger partial charge in [0, 0.05) is 49.4 Å². The van der Waals surface area contributed by atoms with Gasteiger partial charge in [0.15, 0.2) is 5.13 Å². The van der Waals surface area contributed by atoms with Crippen LogP contribution in [0, 0.1) is 5.82 Å². The zero-order chi connectivity index (χ0) is 19.0. The summed E-state index contributed by atoms with van der Waals surface area (Å²) >= 11 is 1.47. The molecule has 2 aromatic carbocycles. The van der Waals surface area contributed by atoms with Crippen molar-refractivity contribution in [1.29, 1.82) is 0 Å². The molecule has 0 saturated carbocycles. The summed E-state index contributed by atoms with van der Waals surface area (Å²) in [5.74, 6) is -0.806. The van der Waals surface area contributed by atoms with Gasteiger partial charge in [-0.15, -0.1) is 11.3 Å². The Labute approximate surface area is 160 Å². The molecule has 0 saturated heterocycles. The molecule has 1 aromatic heterocycles. The Kier molecular flexibility index (Phi) is 4.63. The second-order valence-corrected chi connectivity index (χ2v) is 7.52. The monoisotopic (exact) mass is 382 g/mol. The molecule has 27 heavy (non-hydrogen) atoms. The summed E-state index contributed by atoms with van der Waals surface area (Å²) in [7, 11) is 3.80. The number of aromatic nitrogens is 1. The molecule has 0 atom stereocenters. The van der Waals surface area contributed by atoms with Gasteiger partial charge >= 0.3 is 0 Å². The van der Waals surface area contributed by atoms with E-state index in [9.17, 15) is 9.18 Å². The molecule has 0 bridgehead atoms. The molecule has 138 valence electrons. The lowest BCUT2D eigenvalue weighted by Crippen LogP contribution is -2.12. The molecule has 2 heterocycles. The van der Waals surface area contributed by atoms with Crippen LogP contribution < -0.4 is 15.5 Å². The number of hydrogen-bond acceptors (Lipinski definition) is 5. The SMILES string of the molecule is CN(C)c1nc(-c2cc(F)cc(C(=O)Nc3ccc4c(c3)CNC4)c2)cs1. The first-order valence-corrected chi connectivity index (χ1v) is 9.45. The van der Waals surface area contributed by atoms with Crippen molar-refractivity contribution in [1.82, 2.24) is 10.3 Å². The van der Waals surface area contributed by atoms with E-state index >= 15 is 0 Å². The first-order chi connectivity index (χ1) is 13.0. The zero-order valence-corrected chi connectivity index (χ0v) is 15.9. The lowest BCUT2D eigenvalue weighted by Gasteiger charge is -2.09. The van der Waals surface area contributed by atoms with E-state index in [-0.39, 0.29) is 11.5 Å². The number of carbonyl (C=O) groups is 1. The molecule has 0 unspecified atom stereocenters. The molecule has 1 aliphatic heterocycles. The molecule has 1 amide bonds. The summed E-state index contributed by atoms with van der Waals surface area (Å²) in [6.45, 7) is 1.64. The number of benzene rings is 2. The van der Waals surface area contributed by atoms with E-state index in [0.29, 0.717) is 16.9 Å². The number of thiazole rings is 1. The molecule has 2 N–H and O–H groups in total. The molecular formula is C20H19FN4OS. The second-order valence-electron chi connectivity index (χ2n) is 6.68. The minimum absolute atomic E-state index is 0.267. The van der Waals surface area contributed by atoms with Gasteiger partial charge in [0.05, 0.1) is 5.69 Å². The number of nitrogens with one attached hydrogen (secondary N) is 2. The van der Waals surface area contributed by atoms with Crippen molar-refractivity contribution in [2.75, 3.05) is 24.3 Å². The third-order valence-corrected chi connectivity index (χ3v) is 5.43. The molecule has 7 heteroatoms. The highest BCUT2D eigenvalue weighted by Gasteiger charge is 2.15. The van der Waals surface area contributed by atoms with Crippen molar-refractivity contribution in [2.24, 2.45) is 0 Å². The van der Waals surface area contributed by atoms with E-state index in [4.69, 9.17) is 0 Å². The van der Waals surface area contributed by atoms with E-state index in [0.717, 1.165) is 18.2 Å². The highest BCUT2D eigenvalue weighted by molar-refractivity contribution is 7.14. The first kappa shape index (κ1) is 17.6. The highest BCUT2D eigenvalue weighted by atomic mass is 32.1. The predicted octanol–water partition coefficient (Wildman–Crippen LogP) is 3.87. The van der Waals surface area contributed by atoms with E-state index in [2.05, 4.69) is 15.6 Å². The van der Waals surface area contributed by atoms with Crippen molar-refractivity contribution in [3.05, 3.63) is 64.3 Å². The molecule has 0 fully saturated rings. The van der Waals surface area contributed by atoms with Crippen LogP contribution in [0.15, 0.2) is 41.8 Å². The third kappa shape index (κ3) is 3.70. The maximum absolute atomic E-state index is 14.1. The zero-order valence-electron chi connectivity index (χ0n) is 15.0. The van der Waals surface area contributed by atoms with Crippen LogP contribution in [0.25, 0.3) is 11.3 Å².